The minimum atomic E-state index is -0.523. The summed E-state index contributed by atoms with van der Waals surface area (Å²) >= 11 is 1.67. The minimum Gasteiger partial charge on any atom is -0.325 e. The van der Waals surface area contributed by atoms with Gasteiger partial charge in [0.25, 0.3) is 0 Å². The number of carbonyl (C=O) groups is 1. The van der Waals surface area contributed by atoms with E-state index in [4.69, 9.17) is 5.73 Å². The van der Waals surface area contributed by atoms with Crippen molar-refractivity contribution in [1.29, 1.82) is 0 Å². The molecule has 3 nitrogen and oxygen atoms in total. The highest BCUT2D eigenvalue weighted by Gasteiger charge is 2.13. The summed E-state index contributed by atoms with van der Waals surface area (Å²) in [6.07, 6.45) is 0. The quantitative estimate of drug-likeness (QED) is 0.714. The van der Waals surface area contributed by atoms with Crippen molar-refractivity contribution in [3.63, 3.8) is 0 Å². The zero-order valence-corrected chi connectivity index (χ0v) is 14.1. The molecular formula is C20H20N2OS. The Balaban J connectivity index is 1.53. The van der Waals surface area contributed by atoms with E-state index < -0.39 is 6.04 Å². The molecule has 0 spiro atoms. The molecule has 0 saturated carbocycles. The van der Waals surface area contributed by atoms with Crippen molar-refractivity contribution >= 4 is 34.1 Å². The first-order chi connectivity index (χ1) is 11.7. The molecule has 1 atom stereocenters. The highest BCUT2D eigenvalue weighted by molar-refractivity contribution is 7.98. The number of nitrogens with two attached hydrogens (primary N) is 1. The summed E-state index contributed by atoms with van der Waals surface area (Å²) in [6.45, 7) is 0. The zero-order chi connectivity index (χ0) is 16.8. The van der Waals surface area contributed by atoms with Gasteiger partial charge in [-0.2, -0.15) is 11.8 Å². The lowest BCUT2D eigenvalue weighted by atomic mass is 10.1. The maximum absolute atomic E-state index is 12.2. The van der Waals surface area contributed by atoms with Gasteiger partial charge in [-0.25, -0.2) is 0 Å². The van der Waals surface area contributed by atoms with Crippen LogP contribution in [-0.2, 0) is 10.5 Å². The van der Waals surface area contributed by atoms with E-state index in [9.17, 15) is 4.79 Å². The monoisotopic (exact) mass is 336 g/mol. The highest BCUT2D eigenvalue weighted by Crippen LogP contribution is 2.19. The van der Waals surface area contributed by atoms with Crippen LogP contribution in [-0.4, -0.2) is 17.7 Å². The molecule has 0 saturated heterocycles. The van der Waals surface area contributed by atoms with Crippen molar-refractivity contribution < 1.29 is 4.79 Å². The topological polar surface area (TPSA) is 55.1 Å². The largest absolute Gasteiger partial charge is 0.325 e. The molecule has 24 heavy (non-hydrogen) atoms. The molecule has 122 valence electrons. The predicted octanol–water partition coefficient (Wildman–Crippen LogP) is 4.04. The van der Waals surface area contributed by atoms with Gasteiger partial charge in [-0.05, 0) is 28.5 Å². The van der Waals surface area contributed by atoms with E-state index in [2.05, 4.69) is 17.4 Å². The van der Waals surface area contributed by atoms with Gasteiger partial charge in [0.1, 0.15) is 0 Å². The number of thioether (sulfide) groups is 1. The number of carbonyl (C=O) groups excluding carboxylic acids is 1. The van der Waals surface area contributed by atoms with Crippen LogP contribution in [0.4, 0.5) is 5.69 Å². The molecule has 0 bridgehead atoms. The Labute approximate surface area is 146 Å². The maximum atomic E-state index is 12.2. The summed E-state index contributed by atoms with van der Waals surface area (Å²) in [5.41, 5.74) is 8.03. The lowest BCUT2D eigenvalue weighted by molar-refractivity contribution is -0.116. The molecule has 0 aliphatic heterocycles. The number of nitrogens with one attached hydrogen (secondary N) is 1. The van der Waals surface area contributed by atoms with Gasteiger partial charge in [-0.1, -0.05) is 60.7 Å². The molecule has 3 aromatic carbocycles. The lowest BCUT2D eigenvalue weighted by Crippen LogP contribution is -2.37. The van der Waals surface area contributed by atoms with Crippen molar-refractivity contribution in [3.05, 3.63) is 78.4 Å². The summed E-state index contributed by atoms with van der Waals surface area (Å²) in [4.78, 5) is 12.2. The third-order valence-corrected chi connectivity index (χ3v) is 4.90. The van der Waals surface area contributed by atoms with Crippen LogP contribution in [0, 0.1) is 0 Å². The molecule has 0 aliphatic carbocycles. The first-order valence-corrected chi connectivity index (χ1v) is 9.05. The second-order valence-corrected chi connectivity index (χ2v) is 6.69. The summed E-state index contributed by atoms with van der Waals surface area (Å²) < 4.78 is 0. The van der Waals surface area contributed by atoms with Gasteiger partial charge in [-0.3, -0.25) is 4.79 Å². The second kappa shape index (κ2) is 7.99. The SMILES string of the molecule is NC(CSCc1ccccc1)C(=O)Nc1ccc2ccccc2c1. The number of hydrogen-bond acceptors (Lipinski definition) is 3. The van der Waals surface area contributed by atoms with Crippen molar-refractivity contribution in [2.45, 2.75) is 11.8 Å². The summed E-state index contributed by atoms with van der Waals surface area (Å²) in [5, 5.41) is 5.16. The maximum Gasteiger partial charge on any atom is 0.242 e. The predicted molar refractivity (Wildman–Crippen MR) is 103 cm³/mol. The Morgan fingerprint density at radius 3 is 2.46 bits per heavy atom. The van der Waals surface area contributed by atoms with E-state index in [1.165, 1.54) is 5.56 Å². The van der Waals surface area contributed by atoms with E-state index in [0.29, 0.717) is 5.75 Å². The van der Waals surface area contributed by atoms with E-state index in [1.807, 2.05) is 60.7 Å². The number of anilines is 1. The average Bonchev–Trinajstić information content (AvgIpc) is 2.62. The van der Waals surface area contributed by atoms with Gasteiger partial charge in [-0.15, -0.1) is 0 Å². The average molecular weight is 336 g/mol. The van der Waals surface area contributed by atoms with Crippen LogP contribution >= 0.6 is 11.8 Å². The number of benzene rings is 3. The molecule has 0 aromatic heterocycles. The van der Waals surface area contributed by atoms with E-state index >= 15 is 0 Å². The van der Waals surface area contributed by atoms with Gasteiger partial charge in [0.15, 0.2) is 0 Å². The Morgan fingerprint density at radius 1 is 0.958 bits per heavy atom. The third kappa shape index (κ3) is 4.37. The molecule has 1 amide bonds. The molecule has 0 aliphatic rings. The summed E-state index contributed by atoms with van der Waals surface area (Å²) in [6, 6.07) is 23.6. The van der Waals surface area contributed by atoms with Crippen LogP contribution in [0.25, 0.3) is 10.8 Å². The molecule has 3 N–H and O–H groups in total. The van der Waals surface area contributed by atoms with Crippen LogP contribution in [0.15, 0.2) is 72.8 Å². The molecule has 0 heterocycles. The highest BCUT2D eigenvalue weighted by atomic mass is 32.2. The van der Waals surface area contributed by atoms with Crippen LogP contribution in [0.5, 0.6) is 0 Å². The molecule has 3 aromatic rings. The van der Waals surface area contributed by atoms with Crippen LogP contribution in [0.3, 0.4) is 0 Å². The third-order valence-electron chi connectivity index (χ3n) is 3.76. The number of rotatable bonds is 6. The molecule has 3 rings (SSSR count). The van der Waals surface area contributed by atoms with E-state index in [0.717, 1.165) is 22.2 Å². The standard InChI is InChI=1S/C20H20N2OS/c21-19(14-24-13-15-6-2-1-3-7-15)20(23)22-18-11-10-16-8-4-5-9-17(16)12-18/h1-12,19H,13-14,21H2,(H,22,23). The van der Waals surface area contributed by atoms with E-state index in [1.54, 1.807) is 11.8 Å². The van der Waals surface area contributed by atoms with Gasteiger partial charge in [0.05, 0.1) is 6.04 Å². The van der Waals surface area contributed by atoms with Crippen molar-refractivity contribution in [2.24, 2.45) is 5.73 Å². The summed E-state index contributed by atoms with van der Waals surface area (Å²) in [7, 11) is 0. The number of fused-ring (bicyclic) bond motifs is 1. The Kier molecular flexibility index (Phi) is 5.51. The summed E-state index contributed by atoms with van der Waals surface area (Å²) in [5.74, 6) is 1.30. The fourth-order valence-electron chi connectivity index (χ4n) is 2.46. The fraction of sp³-hybridized carbons (Fsp3) is 0.150. The molecule has 4 heteroatoms. The number of hydrogen-bond donors (Lipinski definition) is 2. The zero-order valence-electron chi connectivity index (χ0n) is 13.3. The fourth-order valence-corrected chi connectivity index (χ4v) is 3.41. The molecule has 1 unspecified atom stereocenters. The first kappa shape index (κ1) is 16.6. The second-order valence-electron chi connectivity index (χ2n) is 5.66. The Hall–Kier alpha value is -2.30. The molecule has 0 fully saturated rings. The smallest absolute Gasteiger partial charge is 0.242 e. The van der Waals surface area contributed by atoms with Gasteiger partial charge < -0.3 is 11.1 Å². The Bertz CT molecular complexity index is 820. The van der Waals surface area contributed by atoms with Crippen LogP contribution in [0.1, 0.15) is 5.56 Å². The van der Waals surface area contributed by atoms with Crippen molar-refractivity contribution in [2.75, 3.05) is 11.1 Å². The lowest BCUT2D eigenvalue weighted by Gasteiger charge is -2.12. The normalized spacial score (nSPS) is 12.0. The molecule has 0 radical (unpaired) electrons. The first-order valence-electron chi connectivity index (χ1n) is 7.89. The van der Waals surface area contributed by atoms with Crippen LogP contribution in [0.2, 0.25) is 0 Å². The van der Waals surface area contributed by atoms with Crippen molar-refractivity contribution in [1.82, 2.24) is 0 Å². The minimum absolute atomic E-state index is 0.147. The van der Waals surface area contributed by atoms with E-state index in [-0.39, 0.29) is 5.91 Å². The van der Waals surface area contributed by atoms with Gasteiger partial charge in [0, 0.05) is 17.2 Å². The van der Waals surface area contributed by atoms with Gasteiger partial charge in [0.2, 0.25) is 5.91 Å². The van der Waals surface area contributed by atoms with Crippen molar-refractivity contribution in [3.8, 4) is 0 Å². The van der Waals surface area contributed by atoms with Gasteiger partial charge >= 0.3 is 0 Å². The molecular weight excluding hydrogens is 316 g/mol. The Morgan fingerprint density at radius 2 is 1.67 bits per heavy atom. The van der Waals surface area contributed by atoms with Crippen LogP contribution < -0.4 is 11.1 Å². The number of amides is 1.